The average molecular weight is 379 g/mol. The molecule has 6 heteroatoms. The first kappa shape index (κ1) is 17.5. The van der Waals surface area contributed by atoms with Gasteiger partial charge >= 0.3 is 0 Å². The SMILES string of the molecule is COc1cc2nc(C)nc(NC(C)c3cccc4sccc34)c2cc1OC. The topological polar surface area (TPSA) is 56.3 Å². The molecule has 0 aliphatic rings. The summed E-state index contributed by atoms with van der Waals surface area (Å²) in [5, 5.41) is 7.88. The van der Waals surface area contributed by atoms with Crippen LogP contribution in [0.4, 0.5) is 5.82 Å². The summed E-state index contributed by atoms with van der Waals surface area (Å²) in [6.45, 7) is 4.04. The number of methoxy groups -OCH3 is 2. The first-order chi connectivity index (χ1) is 13.1. The molecule has 0 saturated heterocycles. The predicted octanol–water partition coefficient (Wildman–Crippen LogP) is 5.34. The molecule has 2 aromatic carbocycles. The smallest absolute Gasteiger partial charge is 0.162 e. The molecule has 27 heavy (non-hydrogen) atoms. The van der Waals surface area contributed by atoms with Crippen LogP contribution in [-0.2, 0) is 0 Å². The van der Waals surface area contributed by atoms with Crippen molar-refractivity contribution in [3.05, 3.63) is 53.2 Å². The van der Waals surface area contributed by atoms with E-state index in [0.29, 0.717) is 17.3 Å². The number of aromatic nitrogens is 2. The van der Waals surface area contributed by atoms with Gasteiger partial charge in [0.2, 0.25) is 0 Å². The van der Waals surface area contributed by atoms with E-state index < -0.39 is 0 Å². The molecule has 0 spiro atoms. The van der Waals surface area contributed by atoms with Crippen LogP contribution < -0.4 is 14.8 Å². The molecule has 0 amide bonds. The van der Waals surface area contributed by atoms with Crippen molar-refractivity contribution in [1.82, 2.24) is 9.97 Å². The lowest BCUT2D eigenvalue weighted by atomic mass is 10.0. The Hall–Kier alpha value is -2.86. The minimum atomic E-state index is 0.0916. The second-order valence-corrected chi connectivity index (χ2v) is 7.34. The molecule has 1 N–H and O–H groups in total. The van der Waals surface area contributed by atoms with E-state index >= 15 is 0 Å². The van der Waals surface area contributed by atoms with Gasteiger partial charge in [0, 0.05) is 16.2 Å². The lowest BCUT2D eigenvalue weighted by Crippen LogP contribution is -2.10. The van der Waals surface area contributed by atoms with Gasteiger partial charge in [0.15, 0.2) is 11.5 Å². The van der Waals surface area contributed by atoms with Crippen LogP contribution in [0, 0.1) is 6.92 Å². The van der Waals surface area contributed by atoms with E-state index in [1.807, 2.05) is 19.1 Å². The van der Waals surface area contributed by atoms with Gasteiger partial charge in [-0.3, -0.25) is 0 Å². The van der Waals surface area contributed by atoms with Crippen LogP contribution in [0.2, 0.25) is 0 Å². The number of rotatable bonds is 5. The third kappa shape index (κ3) is 3.17. The van der Waals surface area contributed by atoms with Crippen molar-refractivity contribution in [2.75, 3.05) is 19.5 Å². The molecule has 0 aliphatic heterocycles. The fourth-order valence-corrected chi connectivity index (χ4v) is 4.18. The van der Waals surface area contributed by atoms with E-state index in [-0.39, 0.29) is 6.04 Å². The maximum absolute atomic E-state index is 5.46. The third-order valence-electron chi connectivity index (χ3n) is 4.66. The van der Waals surface area contributed by atoms with Crippen molar-refractivity contribution < 1.29 is 9.47 Å². The molecule has 4 aromatic rings. The number of ether oxygens (including phenoxy) is 2. The molecular formula is C21H21N3O2S. The van der Waals surface area contributed by atoms with Crippen LogP contribution in [-0.4, -0.2) is 24.2 Å². The number of hydrogen-bond donors (Lipinski definition) is 1. The van der Waals surface area contributed by atoms with Crippen molar-refractivity contribution in [2.45, 2.75) is 19.9 Å². The van der Waals surface area contributed by atoms with Gasteiger partial charge in [0.25, 0.3) is 0 Å². The monoisotopic (exact) mass is 379 g/mol. The molecular weight excluding hydrogens is 358 g/mol. The number of benzene rings is 2. The molecule has 1 atom stereocenters. The Bertz CT molecular complexity index is 1120. The summed E-state index contributed by atoms with van der Waals surface area (Å²) in [5.41, 5.74) is 2.07. The maximum atomic E-state index is 5.46. The minimum absolute atomic E-state index is 0.0916. The number of anilines is 1. The standard InChI is InChI=1S/C21H21N3O2S/c1-12(14-6-5-7-20-15(14)8-9-27-20)22-21-16-10-18(25-3)19(26-4)11-17(16)23-13(2)24-21/h5-12H,1-4H3,(H,22,23,24). The van der Waals surface area contributed by atoms with Crippen LogP contribution in [0.25, 0.3) is 21.0 Å². The van der Waals surface area contributed by atoms with Gasteiger partial charge < -0.3 is 14.8 Å². The highest BCUT2D eigenvalue weighted by Gasteiger charge is 2.16. The van der Waals surface area contributed by atoms with Gasteiger partial charge in [-0.2, -0.15) is 0 Å². The van der Waals surface area contributed by atoms with Crippen LogP contribution in [0.1, 0.15) is 24.4 Å². The molecule has 138 valence electrons. The van der Waals surface area contributed by atoms with E-state index in [0.717, 1.165) is 16.7 Å². The zero-order valence-electron chi connectivity index (χ0n) is 15.7. The summed E-state index contributed by atoms with van der Waals surface area (Å²) in [7, 11) is 3.26. The summed E-state index contributed by atoms with van der Waals surface area (Å²) in [6, 6.07) is 12.5. The highest BCUT2D eigenvalue weighted by molar-refractivity contribution is 7.17. The van der Waals surface area contributed by atoms with Gasteiger partial charge in [0.05, 0.1) is 25.8 Å². The van der Waals surface area contributed by atoms with E-state index in [1.165, 1.54) is 15.6 Å². The molecule has 0 radical (unpaired) electrons. The second-order valence-electron chi connectivity index (χ2n) is 6.39. The van der Waals surface area contributed by atoms with Gasteiger partial charge in [-0.1, -0.05) is 12.1 Å². The Kier molecular flexibility index (Phi) is 4.58. The van der Waals surface area contributed by atoms with Crippen molar-refractivity contribution in [2.24, 2.45) is 0 Å². The van der Waals surface area contributed by atoms with Gasteiger partial charge in [-0.05, 0) is 48.4 Å². The molecule has 1 unspecified atom stereocenters. The Morgan fingerprint density at radius 2 is 1.78 bits per heavy atom. The van der Waals surface area contributed by atoms with Crippen molar-refractivity contribution in [3.8, 4) is 11.5 Å². The Morgan fingerprint density at radius 3 is 2.56 bits per heavy atom. The van der Waals surface area contributed by atoms with Gasteiger partial charge in [0.1, 0.15) is 11.6 Å². The number of fused-ring (bicyclic) bond motifs is 2. The molecule has 0 bridgehead atoms. The van der Waals surface area contributed by atoms with Crippen LogP contribution in [0.15, 0.2) is 41.8 Å². The Labute approximate surface area is 162 Å². The van der Waals surface area contributed by atoms with Crippen LogP contribution in [0.5, 0.6) is 11.5 Å². The van der Waals surface area contributed by atoms with Gasteiger partial charge in [-0.25, -0.2) is 9.97 Å². The normalized spacial score (nSPS) is 12.3. The lowest BCUT2D eigenvalue weighted by molar-refractivity contribution is 0.356. The Morgan fingerprint density at radius 1 is 1.00 bits per heavy atom. The zero-order valence-corrected chi connectivity index (χ0v) is 16.6. The summed E-state index contributed by atoms with van der Waals surface area (Å²) < 4.78 is 12.2. The minimum Gasteiger partial charge on any atom is -0.493 e. The van der Waals surface area contributed by atoms with E-state index in [9.17, 15) is 0 Å². The Balaban J connectivity index is 1.80. The molecule has 0 saturated carbocycles. The number of nitrogens with zero attached hydrogens (tertiary/aromatic N) is 2. The largest absolute Gasteiger partial charge is 0.493 e. The second kappa shape index (κ2) is 7.04. The van der Waals surface area contributed by atoms with E-state index in [4.69, 9.17) is 9.47 Å². The molecule has 5 nitrogen and oxygen atoms in total. The first-order valence-corrected chi connectivity index (χ1v) is 9.61. The van der Waals surface area contributed by atoms with Crippen LogP contribution in [0.3, 0.4) is 0 Å². The fraction of sp³-hybridized carbons (Fsp3) is 0.238. The predicted molar refractivity (Wildman–Crippen MR) is 111 cm³/mol. The third-order valence-corrected chi connectivity index (χ3v) is 5.54. The number of aryl methyl sites for hydroxylation is 1. The van der Waals surface area contributed by atoms with Crippen molar-refractivity contribution in [3.63, 3.8) is 0 Å². The van der Waals surface area contributed by atoms with Crippen LogP contribution >= 0.6 is 11.3 Å². The highest BCUT2D eigenvalue weighted by Crippen LogP contribution is 2.36. The molecule has 0 fully saturated rings. The fourth-order valence-electron chi connectivity index (χ4n) is 3.36. The lowest BCUT2D eigenvalue weighted by Gasteiger charge is -2.18. The summed E-state index contributed by atoms with van der Waals surface area (Å²) in [6.07, 6.45) is 0. The van der Waals surface area contributed by atoms with E-state index in [2.05, 4.69) is 51.9 Å². The molecule has 2 aromatic heterocycles. The summed E-state index contributed by atoms with van der Waals surface area (Å²) in [4.78, 5) is 9.21. The van der Waals surface area contributed by atoms with Crippen molar-refractivity contribution >= 4 is 38.1 Å². The summed E-state index contributed by atoms with van der Waals surface area (Å²) in [5.74, 6) is 2.81. The van der Waals surface area contributed by atoms with E-state index in [1.54, 1.807) is 25.6 Å². The number of nitrogens with one attached hydrogen (secondary N) is 1. The quantitative estimate of drug-likeness (QED) is 0.507. The molecule has 4 rings (SSSR count). The van der Waals surface area contributed by atoms with Crippen molar-refractivity contribution in [1.29, 1.82) is 0 Å². The number of hydrogen-bond acceptors (Lipinski definition) is 6. The maximum Gasteiger partial charge on any atom is 0.162 e. The molecule has 0 aliphatic carbocycles. The summed E-state index contributed by atoms with van der Waals surface area (Å²) >= 11 is 1.76. The first-order valence-electron chi connectivity index (χ1n) is 8.73. The highest BCUT2D eigenvalue weighted by atomic mass is 32.1. The molecule has 2 heterocycles. The zero-order chi connectivity index (χ0) is 19.0. The van der Waals surface area contributed by atoms with Gasteiger partial charge in [-0.15, -0.1) is 11.3 Å². The average Bonchev–Trinajstić information content (AvgIpc) is 3.15. The number of thiophene rings is 1.